The van der Waals surface area contributed by atoms with Crippen molar-refractivity contribution in [2.75, 3.05) is 17.6 Å². The van der Waals surface area contributed by atoms with Crippen molar-refractivity contribution < 1.29 is 13.3 Å². The molecule has 1 aromatic carbocycles. The van der Waals surface area contributed by atoms with E-state index in [1.165, 1.54) is 24.5 Å². The Hall–Kier alpha value is -2.33. The maximum Gasteiger partial charge on any atom is 0.270 e. The Bertz CT molecular complexity index is 777. The number of hydrogen-bond acceptors (Lipinski definition) is 7. The quantitative estimate of drug-likeness (QED) is 0.452. The number of aromatic nitrogens is 2. The second-order valence-corrected chi connectivity index (χ2v) is 6.06. The third-order valence-corrected chi connectivity index (χ3v) is 3.59. The molecule has 0 aliphatic carbocycles. The van der Waals surface area contributed by atoms with Gasteiger partial charge in [0.1, 0.15) is 12.1 Å². The Morgan fingerprint density at radius 3 is 2.76 bits per heavy atom. The van der Waals surface area contributed by atoms with Crippen molar-refractivity contribution in [3.63, 3.8) is 0 Å². The number of non-ortho nitro benzene ring substituents is 1. The maximum absolute atomic E-state index is 10.8. The van der Waals surface area contributed by atoms with Gasteiger partial charge in [-0.05, 0) is 12.5 Å². The van der Waals surface area contributed by atoms with Gasteiger partial charge in [-0.25, -0.2) is 23.5 Å². The van der Waals surface area contributed by atoms with Crippen molar-refractivity contribution in [1.29, 1.82) is 0 Å². The molecule has 0 bridgehead atoms. The Morgan fingerprint density at radius 1 is 1.33 bits per heavy atom. The normalized spacial score (nSPS) is 11.5. The van der Waals surface area contributed by atoms with Crippen LogP contribution in [-0.2, 0) is 10.0 Å². The molecular weight excluding hydrogens is 298 g/mol. The highest BCUT2D eigenvalue weighted by Crippen LogP contribution is 2.24. The van der Waals surface area contributed by atoms with Gasteiger partial charge in [-0.3, -0.25) is 10.1 Å². The molecule has 2 aromatic rings. The van der Waals surface area contributed by atoms with Gasteiger partial charge in [-0.2, -0.15) is 0 Å². The summed E-state index contributed by atoms with van der Waals surface area (Å²) in [4.78, 5) is 18.3. The molecular formula is C11H13N5O4S. The maximum atomic E-state index is 10.8. The van der Waals surface area contributed by atoms with Crippen LogP contribution in [0.3, 0.4) is 0 Å². The molecule has 0 fully saturated rings. The molecule has 0 unspecified atom stereocenters. The van der Waals surface area contributed by atoms with Gasteiger partial charge in [0.2, 0.25) is 10.0 Å². The fourth-order valence-electron chi connectivity index (χ4n) is 1.78. The fraction of sp³-hybridized carbons (Fsp3) is 0.273. The number of fused-ring (bicyclic) bond motifs is 1. The van der Waals surface area contributed by atoms with Gasteiger partial charge in [0.25, 0.3) is 5.69 Å². The van der Waals surface area contributed by atoms with Crippen LogP contribution in [0.4, 0.5) is 11.5 Å². The predicted octanol–water partition coefficient (Wildman–Crippen LogP) is 0.628. The smallest absolute Gasteiger partial charge is 0.270 e. The van der Waals surface area contributed by atoms with Crippen LogP contribution in [0.2, 0.25) is 0 Å². The summed E-state index contributed by atoms with van der Waals surface area (Å²) in [5, 5.41) is 19.1. The fourth-order valence-corrected chi connectivity index (χ4v) is 2.33. The van der Waals surface area contributed by atoms with Gasteiger partial charge in [-0.1, -0.05) is 0 Å². The van der Waals surface area contributed by atoms with E-state index in [9.17, 15) is 18.5 Å². The molecule has 0 amide bonds. The first-order valence-corrected chi connectivity index (χ1v) is 7.72. The van der Waals surface area contributed by atoms with E-state index in [1.807, 2.05) is 0 Å². The van der Waals surface area contributed by atoms with Crippen LogP contribution in [-0.4, -0.2) is 35.6 Å². The van der Waals surface area contributed by atoms with Crippen LogP contribution in [0.15, 0.2) is 24.5 Å². The molecule has 1 aromatic heterocycles. The lowest BCUT2D eigenvalue weighted by atomic mass is 10.2. The van der Waals surface area contributed by atoms with E-state index in [-0.39, 0.29) is 11.4 Å². The minimum absolute atomic E-state index is 0.0649. The molecule has 21 heavy (non-hydrogen) atoms. The molecule has 112 valence electrons. The number of nitro benzene ring substituents is 1. The van der Waals surface area contributed by atoms with E-state index in [0.717, 1.165) is 0 Å². The molecule has 10 heteroatoms. The molecule has 0 atom stereocenters. The van der Waals surface area contributed by atoms with Crippen LogP contribution < -0.4 is 10.5 Å². The lowest BCUT2D eigenvalue weighted by Crippen LogP contribution is -2.18. The number of nitro groups is 1. The number of anilines is 1. The van der Waals surface area contributed by atoms with Crippen molar-refractivity contribution in [1.82, 2.24) is 9.97 Å². The zero-order valence-corrected chi connectivity index (χ0v) is 11.7. The van der Waals surface area contributed by atoms with Crippen molar-refractivity contribution >= 4 is 32.4 Å². The second kappa shape index (κ2) is 5.97. The molecule has 0 aliphatic rings. The van der Waals surface area contributed by atoms with E-state index in [4.69, 9.17) is 5.14 Å². The van der Waals surface area contributed by atoms with E-state index < -0.39 is 14.9 Å². The Morgan fingerprint density at radius 2 is 2.10 bits per heavy atom. The van der Waals surface area contributed by atoms with Crippen LogP contribution in [0.5, 0.6) is 0 Å². The Kier molecular flexibility index (Phi) is 4.29. The molecule has 0 saturated heterocycles. The number of benzene rings is 1. The largest absolute Gasteiger partial charge is 0.369 e. The highest BCUT2D eigenvalue weighted by atomic mass is 32.2. The lowest BCUT2D eigenvalue weighted by Gasteiger charge is -2.07. The van der Waals surface area contributed by atoms with E-state index in [0.29, 0.717) is 29.7 Å². The van der Waals surface area contributed by atoms with Crippen molar-refractivity contribution in [2.45, 2.75) is 6.42 Å². The molecule has 9 nitrogen and oxygen atoms in total. The second-order valence-electron chi connectivity index (χ2n) is 4.33. The summed E-state index contributed by atoms with van der Waals surface area (Å²) in [6.45, 7) is 0.325. The van der Waals surface area contributed by atoms with E-state index in [1.54, 1.807) is 0 Å². The van der Waals surface area contributed by atoms with Gasteiger partial charge in [0.15, 0.2) is 0 Å². The number of nitrogens with one attached hydrogen (secondary N) is 1. The third kappa shape index (κ3) is 4.07. The van der Waals surface area contributed by atoms with Gasteiger partial charge < -0.3 is 5.32 Å². The van der Waals surface area contributed by atoms with E-state index >= 15 is 0 Å². The summed E-state index contributed by atoms with van der Waals surface area (Å²) in [6, 6.07) is 4.27. The number of sulfonamides is 1. The molecule has 1 heterocycles. The van der Waals surface area contributed by atoms with Crippen LogP contribution in [0.1, 0.15) is 6.42 Å². The summed E-state index contributed by atoms with van der Waals surface area (Å²) in [6.07, 6.45) is 1.63. The van der Waals surface area contributed by atoms with Crippen LogP contribution in [0.25, 0.3) is 10.9 Å². The van der Waals surface area contributed by atoms with Crippen molar-refractivity contribution in [3.8, 4) is 0 Å². The molecule has 0 saturated carbocycles. The van der Waals surface area contributed by atoms with Gasteiger partial charge in [0, 0.05) is 24.1 Å². The van der Waals surface area contributed by atoms with Gasteiger partial charge in [0.05, 0.1) is 16.2 Å². The average molecular weight is 311 g/mol. The summed E-state index contributed by atoms with van der Waals surface area (Å²) in [5.41, 5.74) is 0.495. The van der Waals surface area contributed by atoms with Crippen LogP contribution in [0, 0.1) is 10.1 Å². The van der Waals surface area contributed by atoms with Crippen LogP contribution >= 0.6 is 0 Å². The Labute approximate surface area is 120 Å². The standard InChI is InChI=1S/C11H13N5O4S/c12-21(19,20)5-1-4-13-11-9-6-8(16(17)18)2-3-10(9)14-7-15-11/h2-3,6-7H,1,4-5H2,(H2,12,19,20)(H,13,14,15). The first kappa shape index (κ1) is 15.1. The number of rotatable bonds is 6. The summed E-state index contributed by atoms with van der Waals surface area (Å²) in [7, 11) is -3.50. The SMILES string of the molecule is NS(=O)(=O)CCCNc1ncnc2ccc([N+](=O)[O-])cc12. The lowest BCUT2D eigenvalue weighted by molar-refractivity contribution is -0.384. The minimum atomic E-state index is -3.50. The van der Waals surface area contributed by atoms with E-state index in [2.05, 4.69) is 15.3 Å². The average Bonchev–Trinajstić information content (AvgIpc) is 2.42. The van der Waals surface area contributed by atoms with Gasteiger partial charge in [-0.15, -0.1) is 0 Å². The highest BCUT2D eigenvalue weighted by Gasteiger charge is 2.10. The predicted molar refractivity (Wildman–Crippen MR) is 77.3 cm³/mol. The topological polar surface area (TPSA) is 141 Å². The first-order valence-electron chi connectivity index (χ1n) is 6.00. The number of hydrogen-bond donors (Lipinski definition) is 2. The summed E-state index contributed by atoms with van der Waals surface area (Å²) in [5.74, 6) is 0.265. The minimum Gasteiger partial charge on any atom is -0.369 e. The van der Waals surface area contributed by atoms with Crippen molar-refractivity contribution in [2.24, 2.45) is 5.14 Å². The molecule has 0 aliphatic heterocycles. The van der Waals surface area contributed by atoms with Crippen molar-refractivity contribution in [3.05, 3.63) is 34.6 Å². The molecule has 3 N–H and O–H groups in total. The summed E-state index contributed by atoms with van der Waals surface area (Å²) >= 11 is 0. The highest BCUT2D eigenvalue weighted by molar-refractivity contribution is 7.89. The monoisotopic (exact) mass is 311 g/mol. The number of primary sulfonamides is 1. The summed E-state index contributed by atoms with van der Waals surface area (Å²) < 4.78 is 21.6. The number of nitrogens with zero attached hydrogens (tertiary/aromatic N) is 3. The Balaban J connectivity index is 2.19. The molecule has 0 spiro atoms. The number of nitrogens with two attached hydrogens (primary N) is 1. The van der Waals surface area contributed by atoms with Gasteiger partial charge >= 0.3 is 0 Å². The molecule has 2 rings (SSSR count). The first-order chi connectivity index (χ1) is 9.87. The molecule has 0 radical (unpaired) electrons. The zero-order chi connectivity index (χ0) is 15.5. The zero-order valence-electron chi connectivity index (χ0n) is 10.9. The third-order valence-electron chi connectivity index (χ3n) is 2.73.